The molecule has 0 aromatic heterocycles. The molecule has 0 amide bonds. The van der Waals surface area contributed by atoms with Gasteiger partial charge >= 0.3 is 0 Å². The van der Waals surface area contributed by atoms with E-state index in [1.54, 1.807) is 0 Å². The molecule has 2 heteroatoms. The smallest absolute Gasteiger partial charge is 0.0304 e. The molecule has 84 valence electrons. The van der Waals surface area contributed by atoms with Crippen molar-refractivity contribution >= 4 is 0 Å². The van der Waals surface area contributed by atoms with Gasteiger partial charge in [0.2, 0.25) is 0 Å². The summed E-state index contributed by atoms with van der Waals surface area (Å²) in [5, 5.41) is 3.58. The van der Waals surface area contributed by atoms with Crippen molar-refractivity contribution in [1.82, 2.24) is 5.32 Å². The highest BCUT2D eigenvalue weighted by Gasteiger charge is 2.33. The van der Waals surface area contributed by atoms with Crippen LogP contribution in [-0.4, -0.2) is 18.6 Å². The van der Waals surface area contributed by atoms with Crippen LogP contribution in [0.5, 0.6) is 0 Å². The largest absolute Gasteiger partial charge is 0.329 e. The highest BCUT2D eigenvalue weighted by molar-refractivity contribution is 4.93. The molecule has 1 fully saturated rings. The van der Waals surface area contributed by atoms with Crippen molar-refractivity contribution in [2.24, 2.45) is 17.6 Å². The maximum absolute atomic E-state index is 5.88. The third kappa shape index (κ3) is 2.71. The van der Waals surface area contributed by atoms with E-state index in [0.29, 0.717) is 0 Å². The Bertz CT molecular complexity index is 158. The van der Waals surface area contributed by atoms with Crippen molar-refractivity contribution in [3.8, 4) is 0 Å². The van der Waals surface area contributed by atoms with Crippen LogP contribution in [-0.2, 0) is 0 Å². The SMILES string of the molecule is CCNC1(CN)CCC(C(C)C)CC1. The standard InChI is InChI=1S/C12H26N2/c1-4-14-12(9-13)7-5-11(6-8-12)10(2)3/h10-11,14H,4-9,13H2,1-3H3. The van der Waals surface area contributed by atoms with Gasteiger partial charge in [-0.3, -0.25) is 0 Å². The molecule has 0 aliphatic heterocycles. The van der Waals surface area contributed by atoms with Crippen molar-refractivity contribution in [1.29, 1.82) is 0 Å². The van der Waals surface area contributed by atoms with Gasteiger partial charge in [-0.15, -0.1) is 0 Å². The molecule has 0 bridgehead atoms. The first-order valence-corrected chi connectivity index (χ1v) is 6.08. The molecular formula is C12H26N2. The van der Waals surface area contributed by atoms with Crippen LogP contribution in [0.25, 0.3) is 0 Å². The Morgan fingerprint density at radius 1 is 1.36 bits per heavy atom. The zero-order chi connectivity index (χ0) is 10.6. The van der Waals surface area contributed by atoms with Crippen molar-refractivity contribution in [3.05, 3.63) is 0 Å². The zero-order valence-corrected chi connectivity index (χ0v) is 9.97. The van der Waals surface area contributed by atoms with Crippen molar-refractivity contribution in [2.75, 3.05) is 13.1 Å². The topological polar surface area (TPSA) is 38.0 Å². The minimum absolute atomic E-state index is 0.264. The quantitative estimate of drug-likeness (QED) is 0.726. The van der Waals surface area contributed by atoms with Gasteiger partial charge in [-0.1, -0.05) is 20.8 Å². The fourth-order valence-corrected chi connectivity index (χ4v) is 2.69. The summed E-state index contributed by atoms with van der Waals surface area (Å²) in [6.45, 7) is 8.70. The van der Waals surface area contributed by atoms with E-state index in [2.05, 4.69) is 26.1 Å². The molecule has 0 aromatic rings. The highest BCUT2D eigenvalue weighted by atomic mass is 15.0. The average molecular weight is 198 g/mol. The zero-order valence-electron chi connectivity index (χ0n) is 9.97. The molecule has 0 spiro atoms. The minimum Gasteiger partial charge on any atom is -0.329 e. The first kappa shape index (κ1) is 12.0. The average Bonchev–Trinajstić information content (AvgIpc) is 2.19. The predicted octanol–water partition coefficient (Wildman–Crippen LogP) is 2.14. The van der Waals surface area contributed by atoms with Gasteiger partial charge < -0.3 is 11.1 Å². The van der Waals surface area contributed by atoms with Crippen LogP contribution in [0.4, 0.5) is 0 Å². The Balaban J connectivity index is 2.46. The predicted molar refractivity (Wildman–Crippen MR) is 62.3 cm³/mol. The molecular weight excluding hydrogens is 172 g/mol. The Morgan fingerprint density at radius 3 is 2.29 bits per heavy atom. The van der Waals surface area contributed by atoms with E-state index in [1.807, 2.05) is 0 Å². The molecule has 0 unspecified atom stereocenters. The normalized spacial score (nSPS) is 33.6. The van der Waals surface area contributed by atoms with Gasteiger partial charge in [0.05, 0.1) is 0 Å². The van der Waals surface area contributed by atoms with E-state index in [9.17, 15) is 0 Å². The summed E-state index contributed by atoms with van der Waals surface area (Å²) < 4.78 is 0. The molecule has 1 rings (SSSR count). The molecule has 0 atom stereocenters. The van der Waals surface area contributed by atoms with Crippen molar-refractivity contribution in [2.45, 2.75) is 52.0 Å². The first-order valence-electron chi connectivity index (χ1n) is 6.08. The van der Waals surface area contributed by atoms with Crippen molar-refractivity contribution in [3.63, 3.8) is 0 Å². The van der Waals surface area contributed by atoms with Crippen LogP contribution in [0.2, 0.25) is 0 Å². The van der Waals surface area contributed by atoms with Crippen LogP contribution in [0.15, 0.2) is 0 Å². The Kier molecular flexibility index (Phi) is 4.39. The van der Waals surface area contributed by atoms with Crippen molar-refractivity contribution < 1.29 is 0 Å². The van der Waals surface area contributed by atoms with Gasteiger partial charge in [-0.25, -0.2) is 0 Å². The van der Waals surface area contributed by atoms with E-state index in [0.717, 1.165) is 24.9 Å². The molecule has 0 heterocycles. The number of rotatable bonds is 4. The van der Waals surface area contributed by atoms with Gasteiger partial charge in [0.1, 0.15) is 0 Å². The molecule has 2 nitrogen and oxygen atoms in total. The third-order valence-corrected chi connectivity index (χ3v) is 3.87. The lowest BCUT2D eigenvalue weighted by Gasteiger charge is -2.41. The Morgan fingerprint density at radius 2 is 1.93 bits per heavy atom. The molecule has 1 aliphatic carbocycles. The van der Waals surface area contributed by atoms with Gasteiger partial charge in [0, 0.05) is 12.1 Å². The second-order valence-corrected chi connectivity index (χ2v) is 5.10. The summed E-state index contributed by atoms with van der Waals surface area (Å²) in [6.07, 6.45) is 5.23. The summed E-state index contributed by atoms with van der Waals surface area (Å²) in [6, 6.07) is 0. The fraction of sp³-hybridized carbons (Fsp3) is 1.00. The molecule has 1 aliphatic rings. The van der Waals surface area contributed by atoms with Gasteiger partial charge in [0.25, 0.3) is 0 Å². The van der Waals surface area contributed by atoms with Gasteiger partial charge in [-0.2, -0.15) is 0 Å². The summed E-state index contributed by atoms with van der Waals surface area (Å²) >= 11 is 0. The second kappa shape index (κ2) is 5.13. The lowest BCUT2D eigenvalue weighted by atomic mass is 9.73. The van der Waals surface area contributed by atoms with Crippen LogP contribution >= 0.6 is 0 Å². The molecule has 0 saturated heterocycles. The van der Waals surface area contributed by atoms with E-state index in [-0.39, 0.29) is 5.54 Å². The van der Waals surface area contributed by atoms with Crippen LogP contribution in [0, 0.1) is 11.8 Å². The molecule has 1 saturated carbocycles. The van der Waals surface area contributed by atoms with E-state index in [4.69, 9.17) is 5.73 Å². The molecule has 0 radical (unpaired) electrons. The van der Waals surface area contributed by atoms with E-state index >= 15 is 0 Å². The van der Waals surface area contributed by atoms with E-state index in [1.165, 1.54) is 25.7 Å². The molecule has 0 aromatic carbocycles. The highest BCUT2D eigenvalue weighted by Crippen LogP contribution is 2.35. The lowest BCUT2D eigenvalue weighted by Crippen LogP contribution is -2.53. The second-order valence-electron chi connectivity index (χ2n) is 5.10. The van der Waals surface area contributed by atoms with Crippen LogP contribution in [0.1, 0.15) is 46.5 Å². The third-order valence-electron chi connectivity index (χ3n) is 3.87. The summed E-state index contributed by atoms with van der Waals surface area (Å²) in [5.41, 5.74) is 6.15. The van der Waals surface area contributed by atoms with Gasteiger partial charge in [0.15, 0.2) is 0 Å². The lowest BCUT2D eigenvalue weighted by molar-refractivity contribution is 0.168. The van der Waals surface area contributed by atoms with Gasteiger partial charge in [-0.05, 0) is 44.1 Å². The summed E-state index contributed by atoms with van der Waals surface area (Å²) in [7, 11) is 0. The number of hydrogen-bond acceptors (Lipinski definition) is 2. The summed E-state index contributed by atoms with van der Waals surface area (Å²) in [5.74, 6) is 1.76. The Hall–Kier alpha value is -0.0800. The minimum atomic E-state index is 0.264. The Labute approximate surface area is 88.6 Å². The first-order chi connectivity index (χ1) is 6.63. The maximum Gasteiger partial charge on any atom is 0.0304 e. The fourth-order valence-electron chi connectivity index (χ4n) is 2.69. The summed E-state index contributed by atoms with van der Waals surface area (Å²) in [4.78, 5) is 0. The number of hydrogen-bond donors (Lipinski definition) is 2. The number of nitrogens with two attached hydrogens (primary N) is 1. The van der Waals surface area contributed by atoms with Crippen LogP contribution in [0.3, 0.4) is 0 Å². The maximum atomic E-state index is 5.88. The van der Waals surface area contributed by atoms with Crippen LogP contribution < -0.4 is 11.1 Å². The van der Waals surface area contributed by atoms with E-state index < -0.39 is 0 Å². The monoisotopic (exact) mass is 198 g/mol. The molecule has 3 N–H and O–H groups in total. The number of nitrogens with one attached hydrogen (secondary N) is 1. The molecule has 14 heavy (non-hydrogen) atoms. The number of likely N-dealkylation sites (N-methyl/N-ethyl adjacent to an activating group) is 1.